The Hall–Kier alpha value is -2.12. The number of imide groups is 1. The first-order chi connectivity index (χ1) is 10.5. The van der Waals surface area contributed by atoms with Crippen LogP contribution >= 0.6 is 11.6 Å². The summed E-state index contributed by atoms with van der Waals surface area (Å²) >= 11 is 5.80. The largest absolute Gasteiger partial charge is 0.355 e. The van der Waals surface area contributed by atoms with Gasteiger partial charge in [-0.3, -0.25) is 14.5 Å². The number of benzene rings is 1. The van der Waals surface area contributed by atoms with Crippen LogP contribution in [-0.4, -0.2) is 42.4 Å². The van der Waals surface area contributed by atoms with Gasteiger partial charge in [-0.15, -0.1) is 0 Å². The molecule has 118 valence electrons. The fourth-order valence-electron chi connectivity index (χ4n) is 2.13. The fraction of sp³-hybridized carbons (Fsp3) is 0.357. The van der Waals surface area contributed by atoms with Crippen LogP contribution in [0.4, 0.5) is 4.79 Å². The van der Waals surface area contributed by atoms with Crippen molar-refractivity contribution in [1.29, 1.82) is 0 Å². The van der Waals surface area contributed by atoms with Gasteiger partial charge in [-0.25, -0.2) is 4.79 Å². The van der Waals surface area contributed by atoms with Gasteiger partial charge in [0.2, 0.25) is 5.91 Å². The van der Waals surface area contributed by atoms with Crippen LogP contribution in [0.2, 0.25) is 5.02 Å². The molecule has 0 aromatic heterocycles. The van der Waals surface area contributed by atoms with Crippen molar-refractivity contribution in [3.8, 4) is 0 Å². The number of nitrogens with two attached hydrogens (primary N) is 1. The Labute approximate surface area is 132 Å². The third-order valence-corrected chi connectivity index (χ3v) is 3.51. The van der Waals surface area contributed by atoms with E-state index in [-0.39, 0.29) is 24.8 Å². The van der Waals surface area contributed by atoms with Crippen LogP contribution in [0.1, 0.15) is 18.0 Å². The van der Waals surface area contributed by atoms with E-state index in [1.807, 2.05) is 0 Å². The molecule has 4 amide bonds. The normalized spacial score (nSPS) is 17.5. The minimum absolute atomic E-state index is 0.0329. The van der Waals surface area contributed by atoms with Crippen molar-refractivity contribution in [2.75, 3.05) is 19.6 Å². The van der Waals surface area contributed by atoms with Gasteiger partial charge in [0.1, 0.15) is 6.04 Å². The average molecular weight is 325 g/mol. The Kier molecular flexibility index (Phi) is 5.35. The Bertz CT molecular complexity index is 576. The van der Waals surface area contributed by atoms with E-state index >= 15 is 0 Å². The predicted molar refractivity (Wildman–Crippen MR) is 81.1 cm³/mol. The third-order valence-electron chi connectivity index (χ3n) is 3.26. The standard InChI is InChI=1S/C14H17ClN4O3/c15-10-3-1-9(2-4-10)12-13(21)19(14(22)18-12)8-5-11(20)17-7-6-16/h1-4,12H,5-8,16H2,(H,17,20)(H,18,22). The Morgan fingerprint density at radius 2 is 2.00 bits per heavy atom. The molecule has 0 saturated carbocycles. The molecule has 0 spiro atoms. The topological polar surface area (TPSA) is 105 Å². The van der Waals surface area contributed by atoms with E-state index in [0.717, 1.165) is 4.90 Å². The molecule has 1 aliphatic rings. The first-order valence-electron chi connectivity index (χ1n) is 6.87. The molecule has 1 heterocycles. The van der Waals surface area contributed by atoms with Gasteiger partial charge >= 0.3 is 6.03 Å². The van der Waals surface area contributed by atoms with Crippen molar-refractivity contribution < 1.29 is 14.4 Å². The van der Waals surface area contributed by atoms with Crippen LogP contribution in [0.25, 0.3) is 0 Å². The zero-order valence-electron chi connectivity index (χ0n) is 11.8. The number of nitrogens with one attached hydrogen (secondary N) is 2. The van der Waals surface area contributed by atoms with Gasteiger partial charge in [-0.2, -0.15) is 0 Å². The van der Waals surface area contributed by atoms with Crippen molar-refractivity contribution in [3.63, 3.8) is 0 Å². The smallest absolute Gasteiger partial charge is 0.325 e. The first kappa shape index (κ1) is 16.3. The molecule has 22 heavy (non-hydrogen) atoms. The number of hydrogen-bond donors (Lipinski definition) is 3. The van der Waals surface area contributed by atoms with E-state index in [1.165, 1.54) is 0 Å². The lowest BCUT2D eigenvalue weighted by atomic mass is 10.1. The summed E-state index contributed by atoms with van der Waals surface area (Å²) in [5.74, 6) is -0.625. The predicted octanol–water partition coefficient (Wildman–Crippen LogP) is 0.398. The molecule has 0 bridgehead atoms. The molecule has 1 aliphatic heterocycles. The molecule has 1 fully saturated rings. The van der Waals surface area contributed by atoms with Crippen molar-refractivity contribution in [2.45, 2.75) is 12.5 Å². The van der Waals surface area contributed by atoms with Gasteiger partial charge in [-0.1, -0.05) is 23.7 Å². The fourth-order valence-corrected chi connectivity index (χ4v) is 2.25. The monoisotopic (exact) mass is 324 g/mol. The maximum Gasteiger partial charge on any atom is 0.325 e. The summed E-state index contributed by atoms with van der Waals surface area (Å²) in [6.07, 6.45) is 0.0481. The lowest BCUT2D eigenvalue weighted by molar-refractivity contribution is -0.128. The molecular weight excluding hydrogens is 308 g/mol. The highest BCUT2D eigenvalue weighted by Gasteiger charge is 2.38. The molecular formula is C14H17ClN4O3. The first-order valence-corrected chi connectivity index (χ1v) is 7.25. The highest BCUT2D eigenvalue weighted by molar-refractivity contribution is 6.30. The van der Waals surface area contributed by atoms with Crippen molar-refractivity contribution in [2.24, 2.45) is 5.73 Å². The zero-order valence-corrected chi connectivity index (χ0v) is 12.6. The van der Waals surface area contributed by atoms with Gasteiger partial charge in [-0.05, 0) is 17.7 Å². The number of urea groups is 1. The Balaban J connectivity index is 1.97. The summed E-state index contributed by atoms with van der Waals surface area (Å²) in [5, 5.41) is 5.74. The van der Waals surface area contributed by atoms with Gasteiger partial charge in [0.15, 0.2) is 0 Å². The van der Waals surface area contributed by atoms with Crippen LogP contribution < -0.4 is 16.4 Å². The maximum absolute atomic E-state index is 12.3. The van der Waals surface area contributed by atoms with Crippen LogP contribution in [-0.2, 0) is 9.59 Å². The quantitative estimate of drug-likeness (QED) is 0.659. The molecule has 2 rings (SSSR count). The lowest BCUT2D eigenvalue weighted by Crippen LogP contribution is -2.36. The lowest BCUT2D eigenvalue weighted by Gasteiger charge is -2.13. The average Bonchev–Trinajstić information content (AvgIpc) is 2.78. The molecule has 0 radical (unpaired) electrons. The number of carbonyl (C=O) groups is 3. The summed E-state index contributed by atoms with van der Waals surface area (Å²) < 4.78 is 0. The SMILES string of the molecule is NCCNC(=O)CCN1C(=O)NC(c2ccc(Cl)cc2)C1=O. The van der Waals surface area contributed by atoms with Gasteiger partial charge < -0.3 is 16.4 Å². The third kappa shape index (κ3) is 3.75. The zero-order chi connectivity index (χ0) is 16.1. The minimum Gasteiger partial charge on any atom is -0.355 e. The number of rotatable bonds is 6. The van der Waals surface area contributed by atoms with Crippen molar-refractivity contribution >= 4 is 29.4 Å². The molecule has 1 saturated heterocycles. The number of amides is 4. The van der Waals surface area contributed by atoms with E-state index in [9.17, 15) is 14.4 Å². The molecule has 1 atom stereocenters. The van der Waals surface area contributed by atoms with Crippen molar-refractivity contribution in [3.05, 3.63) is 34.9 Å². The van der Waals surface area contributed by atoms with Gasteiger partial charge in [0, 0.05) is 31.1 Å². The number of nitrogens with zero attached hydrogens (tertiary/aromatic N) is 1. The number of hydrogen-bond acceptors (Lipinski definition) is 4. The summed E-state index contributed by atoms with van der Waals surface area (Å²) in [6.45, 7) is 0.741. The highest BCUT2D eigenvalue weighted by atomic mass is 35.5. The van der Waals surface area contributed by atoms with Crippen LogP contribution in [0.15, 0.2) is 24.3 Å². The maximum atomic E-state index is 12.3. The molecule has 1 aromatic carbocycles. The molecule has 8 heteroatoms. The number of halogens is 1. The minimum atomic E-state index is -0.739. The van der Waals surface area contributed by atoms with Gasteiger partial charge in [0.05, 0.1) is 0 Å². The Morgan fingerprint density at radius 3 is 2.64 bits per heavy atom. The molecule has 4 N–H and O–H groups in total. The number of carbonyl (C=O) groups excluding carboxylic acids is 3. The van der Waals surface area contributed by atoms with E-state index in [4.69, 9.17) is 17.3 Å². The molecule has 1 aromatic rings. The summed E-state index contributed by atoms with van der Waals surface area (Å²) in [6, 6.07) is 5.43. The van der Waals surface area contributed by atoms with Crippen LogP contribution in [0, 0.1) is 0 Å². The summed E-state index contributed by atoms with van der Waals surface area (Å²) in [7, 11) is 0. The van der Waals surface area contributed by atoms with E-state index in [2.05, 4.69) is 10.6 Å². The second-order valence-corrected chi connectivity index (χ2v) is 5.25. The summed E-state index contributed by atoms with van der Waals surface area (Å²) in [4.78, 5) is 36.7. The van der Waals surface area contributed by atoms with Gasteiger partial charge in [0.25, 0.3) is 5.91 Å². The van der Waals surface area contributed by atoms with Crippen LogP contribution in [0.5, 0.6) is 0 Å². The van der Waals surface area contributed by atoms with E-state index < -0.39 is 12.1 Å². The molecule has 7 nitrogen and oxygen atoms in total. The second-order valence-electron chi connectivity index (χ2n) is 4.81. The highest BCUT2D eigenvalue weighted by Crippen LogP contribution is 2.23. The second kappa shape index (κ2) is 7.24. The van der Waals surface area contributed by atoms with Crippen molar-refractivity contribution in [1.82, 2.24) is 15.5 Å². The van der Waals surface area contributed by atoms with E-state index in [0.29, 0.717) is 23.7 Å². The van der Waals surface area contributed by atoms with E-state index in [1.54, 1.807) is 24.3 Å². The Morgan fingerprint density at radius 1 is 1.32 bits per heavy atom. The summed E-state index contributed by atoms with van der Waals surface area (Å²) in [5.41, 5.74) is 5.93. The van der Waals surface area contributed by atoms with Crippen LogP contribution in [0.3, 0.4) is 0 Å². The molecule has 1 unspecified atom stereocenters. The molecule has 0 aliphatic carbocycles.